The predicted octanol–water partition coefficient (Wildman–Crippen LogP) is 4.36. The van der Waals surface area contributed by atoms with E-state index in [-0.39, 0.29) is 11.5 Å². The molecule has 0 radical (unpaired) electrons. The number of carboxylic acid groups (broad SMARTS) is 1. The van der Waals surface area contributed by atoms with Crippen LogP contribution < -0.4 is 0 Å². The Morgan fingerprint density at radius 1 is 1.12 bits per heavy atom. The highest BCUT2D eigenvalue weighted by atomic mass is 16.4. The van der Waals surface area contributed by atoms with E-state index in [9.17, 15) is 15.0 Å². The van der Waals surface area contributed by atoms with E-state index in [0.29, 0.717) is 11.5 Å². The van der Waals surface area contributed by atoms with Crippen molar-refractivity contribution >= 4 is 5.97 Å². The van der Waals surface area contributed by atoms with Gasteiger partial charge in [-0.25, -0.2) is 4.79 Å². The fourth-order valence-corrected chi connectivity index (χ4v) is 5.30. The van der Waals surface area contributed by atoms with Gasteiger partial charge in [-0.15, -0.1) is 0 Å². The number of aliphatic hydroxyl groups is 1. The lowest BCUT2D eigenvalue weighted by Crippen LogP contribution is -2.43. The van der Waals surface area contributed by atoms with Gasteiger partial charge in [0, 0.05) is 5.41 Å². The number of aliphatic hydroxyl groups excluding tert-OH is 1. The SMILES string of the molecule is O=C(O)c1ccc2c(c1)CCC[C@H]1C[C@@H](O)CC[C@@]21Cc1ccccc1. The molecule has 1 saturated carbocycles. The van der Waals surface area contributed by atoms with Crippen LogP contribution in [-0.2, 0) is 18.3 Å². The number of fused-ring (bicyclic) bond motifs is 3. The Hall–Kier alpha value is -2.13. The van der Waals surface area contributed by atoms with Gasteiger partial charge in [-0.1, -0.05) is 36.4 Å². The second kappa shape index (κ2) is 6.88. The monoisotopic (exact) mass is 350 g/mol. The number of aromatic carboxylic acids is 1. The number of hydrogen-bond acceptors (Lipinski definition) is 2. The minimum atomic E-state index is -0.857. The first-order chi connectivity index (χ1) is 12.6. The third-order valence-corrected chi connectivity index (χ3v) is 6.51. The molecule has 2 aliphatic rings. The van der Waals surface area contributed by atoms with Crippen molar-refractivity contribution in [2.24, 2.45) is 5.92 Å². The van der Waals surface area contributed by atoms with Crippen LogP contribution in [0, 0.1) is 5.92 Å². The zero-order valence-corrected chi connectivity index (χ0v) is 15.0. The van der Waals surface area contributed by atoms with E-state index in [1.807, 2.05) is 12.1 Å². The van der Waals surface area contributed by atoms with Gasteiger partial charge in [-0.3, -0.25) is 0 Å². The molecule has 0 amide bonds. The molecule has 4 rings (SSSR count). The summed E-state index contributed by atoms with van der Waals surface area (Å²) in [6, 6.07) is 16.3. The summed E-state index contributed by atoms with van der Waals surface area (Å²) in [7, 11) is 0. The van der Waals surface area contributed by atoms with Crippen molar-refractivity contribution in [2.45, 2.75) is 56.5 Å². The van der Waals surface area contributed by atoms with Crippen LogP contribution in [0.3, 0.4) is 0 Å². The van der Waals surface area contributed by atoms with Gasteiger partial charge in [0.05, 0.1) is 11.7 Å². The second-order valence-electron chi connectivity index (χ2n) is 8.01. The Bertz CT molecular complexity index is 798. The second-order valence-corrected chi connectivity index (χ2v) is 8.01. The minimum Gasteiger partial charge on any atom is -0.478 e. The molecule has 0 unspecified atom stereocenters. The number of carbonyl (C=O) groups is 1. The highest BCUT2D eigenvalue weighted by molar-refractivity contribution is 5.88. The van der Waals surface area contributed by atoms with Crippen molar-refractivity contribution in [3.8, 4) is 0 Å². The smallest absolute Gasteiger partial charge is 0.335 e. The quantitative estimate of drug-likeness (QED) is 0.864. The van der Waals surface area contributed by atoms with Gasteiger partial charge in [0.15, 0.2) is 0 Å². The normalized spacial score (nSPS) is 27.9. The van der Waals surface area contributed by atoms with Gasteiger partial charge in [-0.05, 0) is 79.7 Å². The Balaban J connectivity index is 1.83. The average molecular weight is 350 g/mol. The van der Waals surface area contributed by atoms with Crippen molar-refractivity contribution in [3.63, 3.8) is 0 Å². The molecule has 1 fully saturated rings. The molecule has 2 N–H and O–H groups in total. The Labute approximate surface area is 154 Å². The third kappa shape index (κ3) is 3.05. The van der Waals surface area contributed by atoms with E-state index < -0.39 is 5.97 Å². The predicted molar refractivity (Wildman–Crippen MR) is 102 cm³/mol. The fraction of sp³-hybridized carbons (Fsp3) is 0.435. The van der Waals surface area contributed by atoms with Crippen LogP contribution in [0.2, 0.25) is 0 Å². The molecule has 0 bridgehead atoms. The van der Waals surface area contributed by atoms with Crippen LogP contribution in [0.25, 0.3) is 0 Å². The first-order valence-corrected chi connectivity index (χ1v) is 9.67. The summed E-state index contributed by atoms with van der Waals surface area (Å²) in [5, 5.41) is 19.7. The number of benzene rings is 2. The van der Waals surface area contributed by atoms with Crippen LogP contribution in [0.4, 0.5) is 0 Å². The first-order valence-electron chi connectivity index (χ1n) is 9.67. The van der Waals surface area contributed by atoms with E-state index in [2.05, 4.69) is 30.3 Å². The van der Waals surface area contributed by atoms with Crippen molar-refractivity contribution < 1.29 is 15.0 Å². The van der Waals surface area contributed by atoms with Gasteiger partial charge in [0.2, 0.25) is 0 Å². The van der Waals surface area contributed by atoms with Crippen LogP contribution >= 0.6 is 0 Å². The lowest BCUT2D eigenvalue weighted by Gasteiger charge is -2.46. The maximum Gasteiger partial charge on any atom is 0.335 e. The molecule has 0 heterocycles. The summed E-state index contributed by atoms with van der Waals surface area (Å²) in [6.45, 7) is 0. The highest BCUT2D eigenvalue weighted by Gasteiger charge is 2.46. The molecule has 2 aromatic rings. The molecule has 0 aliphatic heterocycles. The molecule has 26 heavy (non-hydrogen) atoms. The maximum absolute atomic E-state index is 11.4. The zero-order chi connectivity index (χ0) is 18.1. The van der Waals surface area contributed by atoms with E-state index in [1.54, 1.807) is 6.07 Å². The lowest BCUT2D eigenvalue weighted by molar-refractivity contribution is 0.0468. The van der Waals surface area contributed by atoms with Gasteiger partial charge in [0.1, 0.15) is 0 Å². The number of carboxylic acids is 1. The highest BCUT2D eigenvalue weighted by Crippen LogP contribution is 2.51. The molecule has 3 nitrogen and oxygen atoms in total. The first kappa shape index (κ1) is 17.3. The van der Waals surface area contributed by atoms with Crippen molar-refractivity contribution in [3.05, 3.63) is 70.8 Å². The number of hydrogen-bond donors (Lipinski definition) is 2. The third-order valence-electron chi connectivity index (χ3n) is 6.51. The molecule has 0 saturated heterocycles. The van der Waals surface area contributed by atoms with Crippen molar-refractivity contribution in [1.29, 1.82) is 0 Å². The van der Waals surface area contributed by atoms with E-state index in [4.69, 9.17) is 0 Å². The lowest BCUT2D eigenvalue weighted by atomic mass is 9.58. The number of rotatable bonds is 3. The van der Waals surface area contributed by atoms with Gasteiger partial charge >= 0.3 is 5.97 Å². The molecular formula is C23H26O3. The van der Waals surface area contributed by atoms with Crippen LogP contribution in [-0.4, -0.2) is 22.3 Å². The standard InChI is InChI=1S/C23H26O3/c24-20-11-12-23(15-16-5-2-1-3-6-16)19(14-20)8-4-7-17-13-18(22(25)26)9-10-21(17)23/h1-3,5-6,9-10,13,19-20,24H,4,7-8,11-12,14-15H2,(H,25,26)/t19-,20-,23-/m0/s1. The molecule has 136 valence electrons. The van der Waals surface area contributed by atoms with Gasteiger partial charge < -0.3 is 10.2 Å². The van der Waals surface area contributed by atoms with Crippen LogP contribution in [0.1, 0.15) is 59.2 Å². The molecule has 2 aromatic carbocycles. The molecular weight excluding hydrogens is 324 g/mol. The van der Waals surface area contributed by atoms with Crippen LogP contribution in [0.5, 0.6) is 0 Å². The molecule has 3 heteroatoms. The molecule has 3 atom stereocenters. The minimum absolute atomic E-state index is 0.00342. The maximum atomic E-state index is 11.4. The summed E-state index contributed by atoms with van der Waals surface area (Å²) in [6.07, 6.45) is 6.49. The summed E-state index contributed by atoms with van der Waals surface area (Å²) >= 11 is 0. The molecule has 2 aliphatic carbocycles. The van der Waals surface area contributed by atoms with Gasteiger partial charge in [-0.2, -0.15) is 0 Å². The molecule has 0 aromatic heterocycles. The van der Waals surface area contributed by atoms with Gasteiger partial charge in [0.25, 0.3) is 0 Å². The summed E-state index contributed by atoms with van der Waals surface area (Å²) in [4.78, 5) is 11.4. The van der Waals surface area contributed by atoms with Crippen molar-refractivity contribution in [1.82, 2.24) is 0 Å². The summed E-state index contributed by atoms with van der Waals surface area (Å²) in [5.41, 5.74) is 4.22. The largest absolute Gasteiger partial charge is 0.478 e. The molecule has 0 spiro atoms. The Morgan fingerprint density at radius 2 is 1.92 bits per heavy atom. The topological polar surface area (TPSA) is 57.5 Å². The van der Waals surface area contributed by atoms with E-state index in [1.165, 1.54) is 16.7 Å². The average Bonchev–Trinajstić information content (AvgIpc) is 2.79. The Morgan fingerprint density at radius 3 is 2.69 bits per heavy atom. The zero-order valence-electron chi connectivity index (χ0n) is 15.0. The summed E-state index contributed by atoms with van der Waals surface area (Å²) in [5.74, 6) is -0.409. The van der Waals surface area contributed by atoms with E-state index >= 15 is 0 Å². The Kier molecular flexibility index (Phi) is 4.58. The fourth-order valence-electron chi connectivity index (χ4n) is 5.30. The van der Waals surface area contributed by atoms with E-state index in [0.717, 1.165) is 44.9 Å². The van der Waals surface area contributed by atoms with Crippen molar-refractivity contribution in [2.75, 3.05) is 0 Å². The summed E-state index contributed by atoms with van der Waals surface area (Å²) < 4.78 is 0. The van der Waals surface area contributed by atoms with Crippen LogP contribution in [0.15, 0.2) is 48.5 Å². The number of aryl methyl sites for hydroxylation is 1.